The number of hydrogen-bond donors (Lipinski definition) is 3. The number of aliphatic hydroxyl groups is 2. The highest BCUT2D eigenvalue weighted by Gasteiger charge is 2.57. The van der Waals surface area contributed by atoms with Crippen molar-refractivity contribution in [2.24, 2.45) is 17.3 Å². The van der Waals surface area contributed by atoms with Crippen LogP contribution in [-0.4, -0.2) is 27.5 Å². The van der Waals surface area contributed by atoms with E-state index in [0.717, 1.165) is 32.1 Å². The molecule has 6 atom stereocenters. The summed E-state index contributed by atoms with van der Waals surface area (Å²) < 4.78 is 0. The predicted octanol–water partition coefficient (Wildman–Crippen LogP) is 2.58. The molecule has 0 spiro atoms. The van der Waals surface area contributed by atoms with E-state index in [4.69, 9.17) is 0 Å². The Morgan fingerprint density at radius 1 is 1.19 bits per heavy atom. The highest BCUT2D eigenvalue weighted by atomic mass is 16.3. The molecule has 114 valence electrons. The average Bonchev–Trinajstić information content (AvgIpc) is 2.70. The number of phenols is 1. The van der Waals surface area contributed by atoms with Crippen molar-refractivity contribution < 1.29 is 15.3 Å². The maximum Gasteiger partial charge on any atom is 0.115 e. The molecule has 0 amide bonds. The summed E-state index contributed by atoms with van der Waals surface area (Å²) in [7, 11) is 0. The summed E-state index contributed by atoms with van der Waals surface area (Å²) in [5.74, 6) is 1.88. The van der Waals surface area contributed by atoms with Gasteiger partial charge in [0.1, 0.15) is 5.75 Å². The van der Waals surface area contributed by atoms with Crippen LogP contribution in [0.2, 0.25) is 0 Å². The number of fused-ring (bicyclic) bond motifs is 5. The van der Waals surface area contributed by atoms with Gasteiger partial charge in [-0.2, -0.15) is 0 Å². The Morgan fingerprint density at radius 3 is 2.81 bits per heavy atom. The third-order valence-corrected chi connectivity index (χ3v) is 6.68. The van der Waals surface area contributed by atoms with E-state index in [1.807, 2.05) is 6.07 Å². The van der Waals surface area contributed by atoms with Crippen LogP contribution in [0.3, 0.4) is 0 Å². The van der Waals surface area contributed by atoms with E-state index in [1.54, 1.807) is 6.07 Å². The predicted molar refractivity (Wildman–Crippen MR) is 80.1 cm³/mol. The SMILES string of the molecule is C[C@@]12CC[C@@H]3c4ccc(O)cc4CC[C@@H]3[C@@H]1C[C@@H](O)[C@@H]2O. The molecule has 0 bridgehead atoms. The lowest BCUT2D eigenvalue weighted by Crippen LogP contribution is -2.44. The van der Waals surface area contributed by atoms with E-state index < -0.39 is 12.2 Å². The zero-order chi connectivity index (χ0) is 14.8. The van der Waals surface area contributed by atoms with Crippen molar-refractivity contribution in [1.82, 2.24) is 0 Å². The Kier molecular flexibility index (Phi) is 2.89. The van der Waals surface area contributed by atoms with Gasteiger partial charge >= 0.3 is 0 Å². The van der Waals surface area contributed by atoms with E-state index in [9.17, 15) is 15.3 Å². The third-order valence-electron chi connectivity index (χ3n) is 6.68. The van der Waals surface area contributed by atoms with Crippen LogP contribution in [0.5, 0.6) is 5.75 Å². The number of aromatic hydroxyl groups is 1. The van der Waals surface area contributed by atoms with Crippen LogP contribution >= 0.6 is 0 Å². The molecule has 0 heterocycles. The van der Waals surface area contributed by atoms with E-state index in [2.05, 4.69) is 13.0 Å². The molecule has 3 heteroatoms. The van der Waals surface area contributed by atoms with E-state index in [-0.39, 0.29) is 5.41 Å². The Labute approximate surface area is 125 Å². The second-order valence-electron chi connectivity index (χ2n) is 7.59. The number of phenolic OH excluding ortho intramolecular Hbond substituents is 1. The summed E-state index contributed by atoms with van der Waals surface area (Å²) in [5, 5.41) is 30.2. The summed E-state index contributed by atoms with van der Waals surface area (Å²) in [6, 6.07) is 5.80. The minimum absolute atomic E-state index is 0.116. The van der Waals surface area contributed by atoms with Crippen LogP contribution in [-0.2, 0) is 6.42 Å². The van der Waals surface area contributed by atoms with Crippen molar-refractivity contribution in [2.75, 3.05) is 0 Å². The fourth-order valence-electron chi connectivity index (χ4n) is 5.56. The van der Waals surface area contributed by atoms with Gasteiger partial charge in [0.05, 0.1) is 12.2 Å². The third kappa shape index (κ3) is 1.80. The molecule has 21 heavy (non-hydrogen) atoms. The van der Waals surface area contributed by atoms with Gasteiger partial charge in [0.15, 0.2) is 0 Å². The largest absolute Gasteiger partial charge is 0.508 e. The molecule has 0 unspecified atom stereocenters. The van der Waals surface area contributed by atoms with Gasteiger partial charge in [-0.25, -0.2) is 0 Å². The van der Waals surface area contributed by atoms with E-state index in [0.29, 0.717) is 23.5 Å². The zero-order valence-corrected chi connectivity index (χ0v) is 12.5. The zero-order valence-electron chi connectivity index (χ0n) is 12.5. The number of aliphatic hydroxyl groups excluding tert-OH is 2. The van der Waals surface area contributed by atoms with Gasteiger partial charge in [0, 0.05) is 0 Å². The Bertz CT molecular complexity index is 570. The molecule has 0 radical (unpaired) electrons. The standard InChI is InChI=1S/C18H24O3/c1-18-7-6-13-12-5-3-11(19)8-10(12)2-4-14(13)15(18)9-16(20)17(18)21/h3,5,8,13-17,19-21H,2,4,6-7,9H2,1H3/t13-,14+,15+,16-,17+,18-/m1/s1. The molecule has 2 saturated carbocycles. The van der Waals surface area contributed by atoms with Crippen molar-refractivity contribution in [3.05, 3.63) is 29.3 Å². The summed E-state index contributed by atoms with van der Waals surface area (Å²) in [5.41, 5.74) is 2.57. The molecule has 3 aliphatic rings. The number of rotatable bonds is 0. The molecule has 3 N–H and O–H groups in total. The molecule has 1 aromatic carbocycles. The lowest BCUT2D eigenvalue weighted by molar-refractivity contribution is -0.0505. The molecule has 3 nitrogen and oxygen atoms in total. The van der Waals surface area contributed by atoms with E-state index >= 15 is 0 Å². The van der Waals surface area contributed by atoms with Crippen LogP contribution in [0.1, 0.15) is 49.7 Å². The van der Waals surface area contributed by atoms with Crippen molar-refractivity contribution in [3.8, 4) is 5.75 Å². The lowest BCUT2D eigenvalue weighted by Gasteiger charge is -2.49. The van der Waals surface area contributed by atoms with Gasteiger partial charge in [-0.3, -0.25) is 0 Å². The van der Waals surface area contributed by atoms with Crippen LogP contribution in [0, 0.1) is 17.3 Å². The molecule has 1 aromatic rings. The number of benzene rings is 1. The maximum absolute atomic E-state index is 10.4. The van der Waals surface area contributed by atoms with Crippen LogP contribution in [0.4, 0.5) is 0 Å². The van der Waals surface area contributed by atoms with Crippen molar-refractivity contribution in [1.29, 1.82) is 0 Å². The summed E-state index contributed by atoms with van der Waals surface area (Å²) in [6.45, 7) is 2.17. The van der Waals surface area contributed by atoms with Crippen LogP contribution in [0.25, 0.3) is 0 Å². The van der Waals surface area contributed by atoms with Crippen molar-refractivity contribution in [3.63, 3.8) is 0 Å². The monoisotopic (exact) mass is 288 g/mol. The van der Waals surface area contributed by atoms with E-state index in [1.165, 1.54) is 11.1 Å². The summed E-state index contributed by atoms with van der Waals surface area (Å²) in [4.78, 5) is 0. The fourth-order valence-corrected chi connectivity index (χ4v) is 5.56. The van der Waals surface area contributed by atoms with Gasteiger partial charge in [-0.15, -0.1) is 0 Å². The first-order valence-electron chi connectivity index (χ1n) is 8.18. The Hall–Kier alpha value is -1.06. The highest BCUT2D eigenvalue weighted by Crippen LogP contribution is 2.60. The minimum atomic E-state index is -0.565. The smallest absolute Gasteiger partial charge is 0.115 e. The summed E-state index contributed by atoms with van der Waals surface area (Å²) in [6.07, 6.45) is 3.80. The molecular weight excluding hydrogens is 264 g/mol. The Balaban J connectivity index is 1.71. The minimum Gasteiger partial charge on any atom is -0.508 e. The van der Waals surface area contributed by atoms with Gasteiger partial charge in [-0.05, 0) is 78.5 Å². The Morgan fingerprint density at radius 2 is 2.00 bits per heavy atom. The molecule has 4 rings (SSSR count). The lowest BCUT2D eigenvalue weighted by atomic mass is 9.55. The first-order chi connectivity index (χ1) is 10.0. The summed E-state index contributed by atoms with van der Waals surface area (Å²) >= 11 is 0. The number of aryl methyl sites for hydroxylation is 1. The highest BCUT2D eigenvalue weighted by molar-refractivity contribution is 5.40. The van der Waals surface area contributed by atoms with Gasteiger partial charge in [-0.1, -0.05) is 13.0 Å². The van der Waals surface area contributed by atoms with Crippen molar-refractivity contribution >= 4 is 0 Å². The molecule has 0 saturated heterocycles. The quantitative estimate of drug-likeness (QED) is 0.687. The molecule has 0 aromatic heterocycles. The molecular formula is C18H24O3. The van der Waals surface area contributed by atoms with Crippen molar-refractivity contribution in [2.45, 2.75) is 57.2 Å². The molecule has 0 aliphatic heterocycles. The molecule has 2 fully saturated rings. The van der Waals surface area contributed by atoms with Crippen LogP contribution in [0.15, 0.2) is 18.2 Å². The van der Waals surface area contributed by atoms with Gasteiger partial charge in [0.25, 0.3) is 0 Å². The maximum atomic E-state index is 10.4. The first-order valence-corrected chi connectivity index (χ1v) is 8.18. The van der Waals surface area contributed by atoms with Gasteiger partial charge < -0.3 is 15.3 Å². The average molecular weight is 288 g/mol. The second kappa shape index (κ2) is 4.47. The van der Waals surface area contributed by atoms with Crippen LogP contribution < -0.4 is 0 Å². The fraction of sp³-hybridized carbons (Fsp3) is 0.667. The second-order valence-corrected chi connectivity index (χ2v) is 7.59. The normalized spacial score (nSPS) is 44.8. The molecule has 3 aliphatic carbocycles. The topological polar surface area (TPSA) is 60.7 Å². The first kappa shape index (κ1) is 13.6. The van der Waals surface area contributed by atoms with Gasteiger partial charge in [0.2, 0.25) is 0 Å². The number of hydrogen-bond acceptors (Lipinski definition) is 3.